The van der Waals surface area contributed by atoms with Gasteiger partial charge in [-0.3, -0.25) is 10.1 Å². The summed E-state index contributed by atoms with van der Waals surface area (Å²) >= 11 is 0. The highest BCUT2D eigenvalue weighted by Gasteiger charge is 2.30. The van der Waals surface area contributed by atoms with Crippen LogP contribution in [0, 0.1) is 10.1 Å². The molecule has 1 aromatic carbocycles. The average molecular weight is 292 g/mol. The Hall–Kier alpha value is -1.99. The number of alkyl halides is 3. The number of nitrogens with zero attached hydrogens (tertiary/aromatic N) is 1. The highest BCUT2D eigenvalue weighted by atomic mass is 19.4. The number of hydrogen-bond donors (Lipinski definition) is 1. The second-order valence-corrected chi connectivity index (χ2v) is 4.27. The second-order valence-electron chi connectivity index (χ2n) is 4.27. The van der Waals surface area contributed by atoms with Crippen molar-refractivity contribution in [3.63, 3.8) is 0 Å². The molecule has 0 amide bonds. The van der Waals surface area contributed by atoms with Crippen LogP contribution in [0.3, 0.4) is 0 Å². The van der Waals surface area contributed by atoms with Gasteiger partial charge in [-0.15, -0.1) is 0 Å². The lowest BCUT2D eigenvalue weighted by Gasteiger charge is -2.17. The first-order valence-corrected chi connectivity index (χ1v) is 5.97. The van der Waals surface area contributed by atoms with Gasteiger partial charge in [0, 0.05) is 23.9 Å². The van der Waals surface area contributed by atoms with E-state index in [-0.39, 0.29) is 17.1 Å². The van der Waals surface area contributed by atoms with Crippen LogP contribution in [-0.4, -0.2) is 23.7 Å². The molecule has 5 nitrogen and oxygen atoms in total. The zero-order chi connectivity index (χ0) is 15.3. The van der Waals surface area contributed by atoms with Gasteiger partial charge >= 0.3 is 6.18 Å². The van der Waals surface area contributed by atoms with Crippen LogP contribution in [0.15, 0.2) is 18.2 Å². The molecule has 0 saturated heterocycles. The van der Waals surface area contributed by atoms with Gasteiger partial charge in [-0.2, -0.15) is 13.2 Å². The second kappa shape index (κ2) is 6.44. The Morgan fingerprint density at radius 1 is 1.40 bits per heavy atom. The van der Waals surface area contributed by atoms with E-state index in [1.54, 1.807) is 6.92 Å². The molecule has 0 aromatic heterocycles. The van der Waals surface area contributed by atoms with Gasteiger partial charge in [0.25, 0.3) is 5.69 Å². The van der Waals surface area contributed by atoms with Crippen molar-refractivity contribution >= 4 is 11.4 Å². The van der Waals surface area contributed by atoms with Gasteiger partial charge in [-0.05, 0) is 13.8 Å². The first-order chi connectivity index (χ1) is 9.21. The molecule has 0 bridgehead atoms. The quantitative estimate of drug-likeness (QED) is 0.640. The van der Waals surface area contributed by atoms with E-state index in [1.165, 1.54) is 25.1 Å². The molecule has 1 aromatic rings. The monoisotopic (exact) mass is 292 g/mol. The van der Waals surface area contributed by atoms with E-state index < -0.39 is 23.6 Å². The Bertz CT molecular complexity index is 478. The van der Waals surface area contributed by atoms with Gasteiger partial charge in [0.2, 0.25) is 0 Å². The molecule has 0 saturated carbocycles. The minimum absolute atomic E-state index is 0.222. The normalized spacial score (nSPS) is 12.8. The fraction of sp³-hybridized carbons (Fsp3) is 0.500. The van der Waals surface area contributed by atoms with E-state index in [2.05, 4.69) is 5.32 Å². The Kier molecular flexibility index (Phi) is 5.18. The molecule has 0 spiro atoms. The summed E-state index contributed by atoms with van der Waals surface area (Å²) in [6, 6.07) is 2.94. The van der Waals surface area contributed by atoms with Gasteiger partial charge in [-0.25, -0.2) is 0 Å². The number of rotatable bonds is 6. The minimum atomic E-state index is -4.30. The molecule has 1 atom stereocenters. The topological polar surface area (TPSA) is 64.4 Å². The largest absolute Gasteiger partial charge is 0.494 e. The zero-order valence-corrected chi connectivity index (χ0v) is 11.0. The highest BCUT2D eigenvalue weighted by Crippen LogP contribution is 2.28. The summed E-state index contributed by atoms with van der Waals surface area (Å²) in [7, 11) is 0. The number of ether oxygens (including phenoxy) is 1. The van der Waals surface area contributed by atoms with Crippen LogP contribution in [0.4, 0.5) is 24.5 Å². The molecule has 0 heterocycles. The molecule has 0 radical (unpaired) electrons. The molecule has 1 rings (SSSR count). The third-order valence-electron chi connectivity index (χ3n) is 2.36. The summed E-state index contributed by atoms with van der Waals surface area (Å²) in [6.07, 6.45) is -5.32. The lowest BCUT2D eigenvalue weighted by Crippen LogP contribution is -2.23. The van der Waals surface area contributed by atoms with Crippen molar-refractivity contribution < 1.29 is 22.8 Å². The lowest BCUT2D eigenvalue weighted by atomic mass is 10.2. The van der Waals surface area contributed by atoms with Gasteiger partial charge in [0.1, 0.15) is 5.75 Å². The fourth-order valence-electron chi connectivity index (χ4n) is 1.70. The van der Waals surface area contributed by atoms with Gasteiger partial charge < -0.3 is 10.1 Å². The smallest absolute Gasteiger partial charge is 0.391 e. The molecule has 0 aliphatic heterocycles. The summed E-state index contributed by atoms with van der Waals surface area (Å²) < 4.78 is 41.9. The Morgan fingerprint density at radius 3 is 2.55 bits per heavy atom. The molecule has 0 aliphatic rings. The number of anilines is 1. The molecule has 1 N–H and O–H groups in total. The van der Waals surface area contributed by atoms with Gasteiger partial charge in [0.15, 0.2) is 0 Å². The summed E-state index contributed by atoms with van der Waals surface area (Å²) in [5.74, 6) is 0.239. The molecular weight excluding hydrogens is 277 g/mol. The van der Waals surface area contributed by atoms with Crippen molar-refractivity contribution in [2.45, 2.75) is 32.5 Å². The van der Waals surface area contributed by atoms with Crippen LogP contribution < -0.4 is 10.1 Å². The van der Waals surface area contributed by atoms with Crippen LogP contribution in [0.25, 0.3) is 0 Å². The van der Waals surface area contributed by atoms with Crippen LogP contribution >= 0.6 is 0 Å². The predicted octanol–water partition coefficient (Wildman–Crippen LogP) is 3.75. The molecule has 112 valence electrons. The van der Waals surface area contributed by atoms with Gasteiger partial charge in [0.05, 0.1) is 24.0 Å². The third kappa shape index (κ3) is 5.33. The molecular formula is C12H15F3N2O3. The SMILES string of the molecule is CCOc1cc(NC(C)CC(F)(F)F)cc([N+](=O)[O-])c1. The summed E-state index contributed by atoms with van der Waals surface area (Å²) in [5.41, 5.74) is -0.0166. The summed E-state index contributed by atoms with van der Waals surface area (Å²) in [6.45, 7) is 3.36. The Labute approximate surface area is 113 Å². The zero-order valence-electron chi connectivity index (χ0n) is 11.0. The van der Waals surface area contributed by atoms with E-state index in [0.29, 0.717) is 6.61 Å². The maximum Gasteiger partial charge on any atom is 0.391 e. The van der Waals surface area contributed by atoms with Crippen molar-refractivity contribution in [3.8, 4) is 5.75 Å². The van der Waals surface area contributed by atoms with Crippen LogP contribution in [0.2, 0.25) is 0 Å². The first-order valence-electron chi connectivity index (χ1n) is 5.97. The molecule has 8 heteroatoms. The minimum Gasteiger partial charge on any atom is -0.494 e. The molecule has 0 fully saturated rings. The van der Waals surface area contributed by atoms with Crippen molar-refractivity contribution in [1.29, 1.82) is 0 Å². The average Bonchev–Trinajstić information content (AvgIpc) is 2.26. The maximum atomic E-state index is 12.2. The van der Waals surface area contributed by atoms with Crippen molar-refractivity contribution in [1.82, 2.24) is 0 Å². The Balaban J connectivity index is 2.90. The number of nitro benzene ring substituents is 1. The number of benzene rings is 1. The predicted molar refractivity (Wildman–Crippen MR) is 68.0 cm³/mol. The summed E-state index contributed by atoms with van der Waals surface area (Å²) in [4.78, 5) is 10.1. The molecule has 0 aliphatic carbocycles. The van der Waals surface area contributed by atoms with E-state index in [0.717, 1.165) is 0 Å². The van der Waals surface area contributed by atoms with Crippen LogP contribution in [-0.2, 0) is 0 Å². The van der Waals surface area contributed by atoms with Crippen molar-refractivity contribution in [2.75, 3.05) is 11.9 Å². The van der Waals surface area contributed by atoms with E-state index in [9.17, 15) is 23.3 Å². The molecule has 20 heavy (non-hydrogen) atoms. The summed E-state index contributed by atoms with van der Waals surface area (Å²) in [5, 5.41) is 13.4. The fourth-order valence-corrected chi connectivity index (χ4v) is 1.70. The molecule has 1 unspecified atom stereocenters. The number of hydrogen-bond acceptors (Lipinski definition) is 4. The number of nitro groups is 1. The Morgan fingerprint density at radius 2 is 2.05 bits per heavy atom. The first kappa shape index (κ1) is 16.1. The van der Waals surface area contributed by atoms with Crippen molar-refractivity contribution in [3.05, 3.63) is 28.3 Å². The number of nitrogens with one attached hydrogen (secondary N) is 1. The van der Waals surface area contributed by atoms with E-state index in [4.69, 9.17) is 4.74 Å². The lowest BCUT2D eigenvalue weighted by molar-refractivity contribution is -0.384. The standard InChI is InChI=1S/C12H15F3N2O3/c1-3-20-11-5-9(4-10(6-11)17(18)19)16-8(2)7-12(13,14)15/h4-6,8,16H,3,7H2,1-2H3. The maximum absolute atomic E-state index is 12.2. The van der Waals surface area contributed by atoms with Crippen LogP contribution in [0.5, 0.6) is 5.75 Å². The van der Waals surface area contributed by atoms with Gasteiger partial charge in [-0.1, -0.05) is 0 Å². The van der Waals surface area contributed by atoms with Crippen LogP contribution in [0.1, 0.15) is 20.3 Å². The number of halogens is 3. The van der Waals surface area contributed by atoms with Crippen molar-refractivity contribution in [2.24, 2.45) is 0 Å². The van der Waals surface area contributed by atoms with E-state index >= 15 is 0 Å². The number of non-ortho nitro benzene ring substituents is 1. The van der Waals surface area contributed by atoms with E-state index in [1.807, 2.05) is 0 Å². The third-order valence-corrected chi connectivity index (χ3v) is 2.36. The highest BCUT2D eigenvalue weighted by molar-refractivity contribution is 5.56.